The van der Waals surface area contributed by atoms with Crippen molar-refractivity contribution < 1.29 is 14.3 Å². The van der Waals surface area contributed by atoms with Gasteiger partial charge < -0.3 is 15.4 Å². The molecule has 0 aliphatic carbocycles. The highest BCUT2D eigenvalue weighted by Gasteiger charge is 2.30. The van der Waals surface area contributed by atoms with Crippen molar-refractivity contribution in [2.24, 2.45) is 0 Å². The quantitative estimate of drug-likeness (QED) is 0.769. The molecule has 1 aliphatic rings. The molecule has 0 bridgehead atoms. The fourth-order valence-electron chi connectivity index (χ4n) is 2.35. The van der Waals surface area contributed by atoms with E-state index in [1.54, 1.807) is 0 Å². The van der Waals surface area contributed by atoms with E-state index in [0.29, 0.717) is 19.7 Å². The van der Waals surface area contributed by atoms with E-state index in [-0.39, 0.29) is 23.3 Å². The number of carbonyl (C=O) groups excluding carboxylic acids is 2. The first-order valence-electron chi connectivity index (χ1n) is 7.35. The Morgan fingerprint density at radius 2 is 2.22 bits per heavy atom. The first-order chi connectivity index (χ1) is 11.1. The molecule has 2 aromatic rings. The SMILES string of the molecule is C[C@H]1Cn2nnc(C(=O)NCCOc3ccccc3)c2C(=O)N1. The van der Waals surface area contributed by atoms with E-state index in [9.17, 15) is 9.59 Å². The van der Waals surface area contributed by atoms with Gasteiger partial charge >= 0.3 is 0 Å². The van der Waals surface area contributed by atoms with Crippen LogP contribution in [0.3, 0.4) is 0 Å². The number of hydrogen-bond donors (Lipinski definition) is 2. The van der Waals surface area contributed by atoms with Gasteiger partial charge in [-0.2, -0.15) is 0 Å². The van der Waals surface area contributed by atoms with Gasteiger partial charge in [-0.05, 0) is 19.1 Å². The van der Waals surface area contributed by atoms with Crippen LogP contribution in [0.1, 0.15) is 27.9 Å². The maximum absolute atomic E-state index is 12.2. The molecule has 0 fully saturated rings. The molecule has 1 aromatic heterocycles. The van der Waals surface area contributed by atoms with Crippen molar-refractivity contribution in [2.45, 2.75) is 19.5 Å². The minimum atomic E-state index is -0.437. The summed E-state index contributed by atoms with van der Waals surface area (Å²) in [6.07, 6.45) is 0. The molecule has 2 heterocycles. The molecule has 8 nitrogen and oxygen atoms in total. The lowest BCUT2D eigenvalue weighted by Crippen LogP contribution is -2.43. The van der Waals surface area contributed by atoms with Gasteiger partial charge in [0.05, 0.1) is 13.1 Å². The Balaban J connectivity index is 1.56. The standard InChI is InChI=1S/C15H17N5O3/c1-10-9-20-13(15(22)17-10)12(18-19-20)14(21)16-7-8-23-11-5-3-2-4-6-11/h2-6,10H,7-9H2,1H3,(H,16,21)(H,17,22)/t10-/m0/s1. The lowest BCUT2D eigenvalue weighted by Gasteiger charge is -2.20. The van der Waals surface area contributed by atoms with Crippen LogP contribution in [0.25, 0.3) is 0 Å². The summed E-state index contributed by atoms with van der Waals surface area (Å²) in [7, 11) is 0. The van der Waals surface area contributed by atoms with Crippen molar-refractivity contribution in [1.82, 2.24) is 25.6 Å². The monoisotopic (exact) mass is 315 g/mol. The second kappa shape index (κ2) is 6.47. The van der Waals surface area contributed by atoms with Gasteiger partial charge in [-0.1, -0.05) is 23.4 Å². The van der Waals surface area contributed by atoms with Gasteiger partial charge in [0, 0.05) is 6.04 Å². The number of benzene rings is 1. The van der Waals surface area contributed by atoms with E-state index in [0.717, 1.165) is 5.75 Å². The molecule has 3 rings (SSSR count). The average molecular weight is 315 g/mol. The molecule has 2 amide bonds. The third-order valence-electron chi connectivity index (χ3n) is 3.39. The molecular weight excluding hydrogens is 298 g/mol. The molecule has 23 heavy (non-hydrogen) atoms. The van der Waals surface area contributed by atoms with E-state index < -0.39 is 5.91 Å². The molecule has 120 valence electrons. The third kappa shape index (κ3) is 3.31. The zero-order valence-electron chi connectivity index (χ0n) is 12.7. The number of rotatable bonds is 5. The van der Waals surface area contributed by atoms with Crippen molar-refractivity contribution in [2.75, 3.05) is 13.2 Å². The minimum Gasteiger partial charge on any atom is -0.492 e. The van der Waals surface area contributed by atoms with Crippen molar-refractivity contribution in [3.63, 3.8) is 0 Å². The lowest BCUT2D eigenvalue weighted by atomic mass is 10.2. The second-order valence-corrected chi connectivity index (χ2v) is 5.26. The van der Waals surface area contributed by atoms with Crippen molar-refractivity contribution >= 4 is 11.8 Å². The smallest absolute Gasteiger partial charge is 0.274 e. The van der Waals surface area contributed by atoms with Crippen molar-refractivity contribution in [1.29, 1.82) is 0 Å². The third-order valence-corrected chi connectivity index (χ3v) is 3.39. The molecule has 0 saturated carbocycles. The summed E-state index contributed by atoms with van der Waals surface area (Å²) in [4.78, 5) is 24.1. The number of amides is 2. The molecule has 0 spiro atoms. The lowest BCUT2D eigenvalue weighted by molar-refractivity contribution is 0.0879. The van der Waals surface area contributed by atoms with Gasteiger partial charge in [-0.25, -0.2) is 4.68 Å². The van der Waals surface area contributed by atoms with Crippen LogP contribution < -0.4 is 15.4 Å². The zero-order chi connectivity index (χ0) is 16.2. The molecule has 0 saturated heterocycles. The summed E-state index contributed by atoms with van der Waals surface area (Å²) in [5.74, 6) is -0.0387. The molecule has 1 aromatic carbocycles. The van der Waals surface area contributed by atoms with Crippen molar-refractivity contribution in [3.8, 4) is 5.75 Å². The van der Waals surface area contributed by atoms with Crippen LogP contribution in [0.5, 0.6) is 5.75 Å². The maximum Gasteiger partial charge on any atom is 0.274 e. The van der Waals surface area contributed by atoms with Crippen LogP contribution in [-0.2, 0) is 6.54 Å². The number of para-hydroxylation sites is 1. The molecule has 2 N–H and O–H groups in total. The Bertz CT molecular complexity index is 713. The molecule has 1 atom stereocenters. The van der Waals surface area contributed by atoms with Crippen LogP contribution in [-0.4, -0.2) is 46.0 Å². The fourth-order valence-corrected chi connectivity index (χ4v) is 2.35. The Kier molecular flexibility index (Phi) is 4.22. The number of ether oxygens (including phenoxy) is 1. The highest BCUT2D eigenvalue weighted by atomic mass is 16.5. The van der Waals surface area contributed by atoms with Gasteiger partial charge in [0.2, 0.25) is 0 Å². The van der Waals surface area contributed by atoms with Crippen molar-refractivity contribution in [3.05, 3.63) is 41.7 Å². The highest BCUT2D eigenvalue weighted by Crippen LogP contribution is 2.11. The Hall–Kier alpha value is -2.90. The molecule has 0 unspecified atom stereocenters. The van der Waals surface area contributed by atoms with E-state index in [1.807, 2.05) is 37.3 Å². The fraction of sp³-hybridized carbons (Fsp3) is 0.333. The van der Waals surface area contributed by atoms with Crippen LogP contribution in [0, 0.1) is 0 Å². The Labute approximate surface area is 132 Å². The van der Waals surface area contributed by atoms with Gasteiger partial charge in [0.25, 0.3) is 11.8 Å². The number of hydrogen-bond acceptors (Lipinski definition) is 5. The van der Waals surface area contributed by atoms with Crippen LogP contribution in [0.2, 0.25) is 0 Å². The van der Waals surface area contributed by atoms with E-state index >= 15 is 0 Å². The van der Waals surface area contributed by atoms with Gasteiger partial charge in [0.15, 0.2) is 11.4 Å². The first kappa shape index (κ1) is 15.0. The van der Waals surface area contributed by atoms with E-state index in [1.165, 1.54) is 4.68 Å². The summed E-state index contributed by atoms with van der Waals surface area (Å²) in [6, 6.07) is 9.28. The minimum absolute atomic E-state index is 0.0353. The number of carbonyl (C=O) groups is 2. The summed E-state index contributed by atoms with van der Waals surface area (Å²) in [5, 5.41) is 13.1. The van der Waals surface area contributed by atoms with Gasteiger partial charge in [-0.15, -0.1) is 5.10 Å². The topological polar surface area (TPSA) is 98.1 Å². The van der Waals surface area contributed by atoms with Crippen LogP contribution >= 0.6 is 0 Å². The van der Waals surface area contributed by atoms with Crippen LogP contribution in [0.15, 0.2) is 30.3 Å². The Morgan fingerprint density at radius 1 is 1.43 bits per heavy atom. The summed E-state index contributed by atoms with van der Waals surface area (Å²) >= 11 is 0. The Morgan fingerprint density at radius 3 is 3.00 bits per heavy atom. The second-order valence-electron chi connectivity index (χ2n) is 5.26. The number of nitrogens with zero attached hydrogens (tertiary/aromatic N) is 3. The summed E-state index contributed by atoms with van der Waals surface area (Å²) in [6.45, 7) is 2.99. The zero-order valence-corrected chi connectivity index (χ0v) is 12.7. The summed E-state index contributed by atoms with van der Waals surface area (Å²) in [5.41, 5.74) is 0.235. The largest absolute Gasteiger partial charge is 0.492 e. The average Bonchev–Trinajstić information content (AvgIpc) is 2.96. The number of aromatic nitrogens is 3. The van der Waals surface area contributed by atoms with Gasteiger partial charge in [-0.3, -0.25) is 9.59 Å². The first-order valence-corrected chi connectivity index (χ1v) is 7.35. The number of nitrogens with one attached hydrogen (secondary N) is 2. The maximum atomic E-state index is 12.2. The van der Waals surface area contributed by atoms with Gasteiger partial charge in [0.1, 0.15) is 12.4 Å². The van der Waals surface area contributed by atoms with E-state index in [4.69, 9.17) is 4.74 Å². The van der Waals surface area contributed by atoms with Crippen LogP contribution in [0.4, 0.5) is 0 Å². The summed E-state index contributed by atoms with van der Waals surface area (Å²) < 4.78 is 6.94. The molecule has 0 radical (unpaired) electrons. The normalized spacial score (nSPS) is 16.4. The predicted molar refractivity (Wildman–Crippen MR) is 81.2 cm³/mol. The highest BCUT2D eigenvalue weighted by molar-refractivity contribution is 6.05. The number of fused-ring (bicyclic) bond motifs is 1. The predicted octanol–water partition coefficient (Wildman–Crippen LogP) is 0.219. The molecule has 8 heteroatoms. The molecular formula is C15H17N5O3. The molecule has 1 aliphatic heterocycles. The van der Waals surface area contributed by atoms with E-state index in [2.05, 4.69) is 20.9 Å².